The first-order valence-electron chi connectivity index (χ1n) is 9.25. The number of nitrogens with two attached hydrogens (primary N) is 1. The molecular weight excluding hydrogens is 379 g/mol. The van der Waals surface area contributed by atoms with Crippen LogP contribution in [0.1, 0.15) is 5.56 Å². The standard InChI is InChI=1S/C24H19FN4O/c1-3-22(30-2)19-14-27-12-10-15(19)23(26)18-13-21(17-7-4-5-9-20(17)25)29-24-16(18)8-6-11-28-24/h3-14H,1,26H2,2H3/b22-19+,23-15-. The van der Waals surface area contributed by atoms with Gasteiger partial charge in [0, 0.05) is 51.2 Å². The van der Waals surface area contributed by atoms with Crippen molar-refractivity contribution in [3.63, 3.8) is 0 Å². The van der Waals surface area contributed by atoms with Gasteiger partial charge in [0.15, 0.2) is 5.65 Å². The summed E-state index contributed by atoms with van der Waals surface area (Å²) in [5.74, 6) is 0.183. The summed E-state index contributed by atoms with van der Waals surface area (Å²) in [5, 5.41) is 2.18. The summed E-state index contributed by atoms with van der Waals surface area (Å²) in [7, 11) is 1.56. The molecule has 0 spiro atoms. The van der Waals surface area contributed by atoms with E-state index >= 15 is 0 Å². The molecule has 5 nitrogen and oxygen atoms in total. The molecule has 0 fully saturated rings. The number of rotatable bonds is 4. The van der Waals surface area contributed by atoms with Crippen LogP contribution in [-0.2, 0) is 4.74 Å². The summed E-state index contributed by atoms with van der Waals surface area (Å²) in [6, 6.07) is 13.8. The first-order chi connectivity index (χ1) is 14.6. The van der Waals surface area contributed by atoms with E-state index in [1.807, 2.05) is 12.1 Å². The fourth-order valence-corrected chi connectivity index (χ4v) is 3.36. The highest BCUT2D eigenvalue weighted by molar-refractivity contribution is 5.91. The van der Waals surface area contributed by atoms with Crippen LogP contribution in [0.4, 0.5) is 4.39 Å². The minimum absolute atomic E-state index is 0.365. The van der Waals surface area contributed by atoms with Gasteiger partial charge in [-0.05, 0) is 42.5 Å². The average molecular weight is 398 g/mol. The van der Waals surface area contributed by atoms with Crippen LogP contribution in [0.2, 0.25) is 0 Å². The van der Waals surface area contributed by atoms with Crippen molar-refractivity contribution >= 4 is 22.5 Å². The van der Waals surface area contributed by atoms with Crippen molar-refractivity contribution in [3.05, 3.63) is 102 Å². The van der Waals surface area contributed by atoms with Crippen molar-refractivity contribution in [2.75, 3.05) is 7.11 Å². The molecule has 6 heteroatoms. The highest BCUT2D eigenvalue weighted by Crippen LogP contribution is 2.27. The second-order valence-electron chi connectivity index (χ2n) is 6.52. The molecule has 0 aliphatic heterocycles. The zero-order chi connectivity index (χ0) is 21.1. The molecule has 4 rings (SSSR count). The van der Waals surface area contributed by atoms with Crippen molar-refractivity contribution in [3.8, 4) is 11.3 Å². The van der Waals surface area contributed by atoms with Gasteiger partial charge in [-0.15, -0.1) is 0 Å². The molecule has 3 heterocycles. The van der Waals surface area contributed by atoms with Crippen LogP contribution in [0, 0.1) is 5.82 Å². The first kappa shape index (κ1) is 19.3. The summed E-state index contributed by atoms with van der Waals surface area (Å²) >= 11 is 0. The summed E-state index contributed by atoms with van der Waals surface area (Å²) in [6.07, 6.45) is 6.57. The van der Waals surface area contributed by atoms with Gasteiger partial charge in [-0.1, -0.05) is 18.7 Å². The Morgan fingerprint density at radius 1 is 1.10 bits per heavy atom. The lowest BCUT2D eigenvalue weighted by Crippen LogP contribution is -2.32. The molecule has 3 aromatic heterocycles. The lowest BCUT2D eigenvalue weighted by molar-refractivity contribution is 0.370. The van der Waals surface area contributed by atoms with E-state index in [1.165, 1.54) is 6.07 Å². The Morgan fingerprint density at radius 3 is 2.70 bits per heavy atom. The number of ether oxygens (including phenoxy) is 1. The van der Waals surface area contributed by atoms with E-state index in [2.05, 4.69) is 21.5 Å². The van der Waals surface area contributed by atoms with Crippen LogP contribution < -0.4 is 16.2 Å². The SMILES string of the molecule is C=C/C(OC)=c1/cncc/c1=C(/N)c1cc(-c2ccccc2F)nc2ncccc12. The van der Waals surface area contributed by atoms with Crippen molar-refractivity contribution in [2.24, 2.45) is 5.73 Å². The van der Waals surface area contributed by atoms with Gasteiger partial charge < -0.3 is 10.5 Å². The number of pyridine rings is 3. The maximum Gasteiger partial charge on any atom is 0.160 e. The molecule has 1 aromatic carbocycles. The van der Waals surface area contributed by atoms with E-state index in [0.717, 1.165) is 10.6 Å². The van der Waals surface area contributed by atoms with Gasteiger partial charge in [0.05, 0.1) is 12.8 Å². The molecule has 0 saturated heterocycles. The monoisotopic (exact) mass is 398 g/mol. The zero-order valence-corrected chi connectivity index (χ0v) is 16.3. The fraction of sp³-hybridized carbons (Fsp3) is 0.0417. The number of hydrogen-bond acceptors (Lipinski definition) is 5. The highest BCUT2D eigenvalue weighted by atomic mass is 19.1. The van der Waals surface area contributed by atoms with Crippen LogP contribution in [-0.4, -0.2) is 22.1 Å². The van der Waals surface area contributed by atoms with Crippen LogP contribution >= 0.6 is 0 Å². The smallest absolute Gasteiger partial charge is 0.160 e. The predicted molar refractivity (Wildman–Crippen MR) is 116 cm³/mol. The van der Waals surface area contributed by atoms with Crippen LogP contribution in [0.5, 0.6) is 0 Å². The largest absolute Gasteiger partial charge is 0.496 e. The lowest BCUT2D eigenvalue weighted by Gasteiger charge is -2.11. The predicted octanol–water partition coefficient (Wildman–Crippen LogP) is 2.89. The highest BCUT2D eigenvalue weighted by Gasteiger charge is 2.13. The number of halogens is 1. The van der Waals surface area contributed by atoms with Crippen molar-refractivity contribution in [1.82, 2.24) is 15.0 Å². The third kappa shape index (κ3) is 3.39. The van der Waals surface area contributed by atoms with Crippen LogP contribution in [0.15, 0.2) is 79.8 Å². The quantitative estimate of drug-likeness (QED) is 0.572. The van der Waals surface area contributed by atoms with Gasteiger partial charge in [0.25, 0.3) is 0 Å². The molecule has 0 amide bonds. The molecule has 0 atom stereocenters. The van der Waals surface area contributed by atoms with E-state index in [4.69, 9.17) is 10.5 Å². The van der Waals surface area contributed by atoms with E-state index in [0.29, 0.717) is 39.1 Å². The number of aromatic nitrogens is 3. The first-order valence-corrected chi connectivity index (χ1v) is 9.25. The van der Waals surface area contributed by atoms with Crippen molar-refractivity contribution in [1.29, 1.82) is 0 Å². The Kier molecular flexibility index (Phi) is 5.22. The Hall–Kier alpha value is -4.06. The second kappa shape index (κ2) is 8.13. The van der Waals surface area contributed by atoms with Crippen molar-refractivity contribution in [2.45, 2.75) is 0 Å². The normalized spacial score (nSPS) is 13.0. The van der Waals surface area contributed by atoms with Gasteiger partial charge in [0.1, 0.15) is 11.6 Å². The van der Waals surface area contributed by atoms with Gasteiger partial charge in [-0.3, -0.25) is 4.98 Å². The maximum atomic E-state index is 14.5. The zero-order valence-electron chi connectivity index (χ0n) is 16.3. The Labute approximate surface area is 172 Å². The average Bonchev–Trinajstić information content (AvgIpc) is 2.79. The summed E-state index contributed by atoms with van der Waals surface area (Å²) in [5.41, 5.74) is 9.13. The minimum Gasteiger partial charge on any atom is -0.496 e. The van der Waals surface area contributed by atoms with Crippen molar-refractivity contribution < 1.29 is 9.13 Å². The van der Waals surface area contributed by atoms with Gasteiger partial charge in [-0.25, -0.2) is 14.4 Å². The summed E-state index contributed by atoms with van der Waals surface area (Å²) < 4.78 is 19.9. The Morgan fingerprint density at radius 2 is 1.93 bits per heavy atom. The fourth-order valence-electron chi connectivity index (χ4n) is 3.36. The number of nitrogens with zero attached hydrogens (tertiary/aromatic N) is 3. The van der Waals surface area contributed by atoms with E-state index in [-0.39, 0.29) is 5.82 Å². The third-order valence-electron chi connectivity index (χ3n) is 4.81. The third-order valence-corrected chi connectivity index (χ3v) is 4.81. The molecule has 0 aliphatic carbocycles. The molecule has 0 saturated carbocycles. The Bertz CT molecular complexity index is 1380. The van der Waals surface area contributed by atoms with Gasteiger partial charge >= 0.3 is 0 Å². The minimum atomic E-state index is -0.365. The lowest BCUT2D eigenvalue weighted by atomic mass is 10.0. The molecule has 2 N–H and O–H groups in total. The molecule has 0 radical (unpaired) electrons. The Balaban J connectivity index is 2.13. The molecule has 0 bridgehead atoms. The number of fused-ring (bicyclic) bond motifs is 1. The maximum absolute atomic E-state index is 14.5. The van der Waals surface area contributed by atoms with E-state index in [9.17, 15) is 4.39 Å². The number of benzene rings is 1. The van der Waals surface area contributed by atoms with Gasteiger partial charge in [0.2, 0.25) is 0 Å². The van der Waals surface area contributed by atoms with E-state index in [1.54, 1.807) is 62.1 Å². The van der Waals surface area contributed by atoms with Gasteiger partial charge in [-0.2, -0.15) is 0 Å². The second-order valence-corrected chi connectivity index (χ2v) is 6.52. The molecule has 4 aromatic rings. The molecule has 0 aliphatic rings. The summed E-state index contributed by atoms with van der Waals surface area (Å²) in [6.45, 7) is 3.79. The topological polar surface area (TPSA) is 73.9 Å². The summed E-state index contributed by atoms with van der Waals surface area (Å²) in [4.78, 5) is 13.1. The number of methoxy groups -OCH3 is 1. The molecule has 0 unspecified atom stereocenters. The molecule has 30 heavy (non-hydrogen) atoms. The number of hydrogen-bond donors (Lipinski definition) is 1. The van der Waals surface area contributed by atoms with E-state index < -0.39 is 0 Å². The molecule has 148 valence electrons. The van der Waals surface area contributed by atoms with Crippen LogP contribution in [0.25, 0.3) is 33.7 Å². The molecular formula is C24H19FN4O. The van der Waals surface area contributed by atoms with Crippen LogP contribution in [0.3, 0.4) is 0 Å².